The van der Waals surface area contributed by atoms with Gasteiger partial charge in [-0.25, -0.2) is 0 Å². The molecule has 1 rings (SSSR count). The van der Waals surface area contributed by atoms with Gasteiger partial charge in [0.25, 0.3) is 0 Å². The molecule has 1 unspecified atom stereocenters. The fourth-order valence-corrected chi connectivity index (χ4v) is 1.58. The number of hydrogen-bond acceptors (Lipinski definition) is 3. The van der Waals surface area contributed by atoms with Crippen molar-refractivity contribution >= 4 is 5.91 Å². The number of carbonyl (C=O) groups is 1. The van der Waals surface area contributed by atoms with Crippen molar-refractivity contribution in [3.8, 4) is 0 Å². The Morgan fingerprint density at radius 2 is 2.20 bits per heavy atom. The Kier molecular flexibility index (Phi) is 4.11. The van der Waals surface area contributed by atoms with Gasteiger partial charge in [-0.3, -0.25) is 4.79 Å². The molecule has 0 aromatic rings. The van der Waals surface area contributed by atoms with Gasteiger partial charge in [-0.15, -0.1) is 0 Å². The number of carbonyl (C=O) groups excluding carboxylic acids is 1. The summed E-state index contributed by atoms with van der Waals surface area (Å²) in [6.07, 6.45) is 2.19. The first-order chi connectivity index (χ1) is 6.98. The molecule has 0 heterocycles. The SMILES string of the molecule is CCN(C)CCNC(=O)C(C)(N)C1CC1. The van der Waals surface area contributed by atoms with Crippen LogP contribution in [-0.4, -0.2) is 43.0 Å². The van der Waals surface area contributed by atoms with E-state index in [1.165, 1.54) is 0 Å². The minimum absolute atomic E-state index is 0.00509. The van der Waals surface area contributed by atoms with Crippen molar-refractivity contribution in [2.45, 2.75) is 32.2 Å². The third-order valence-electron chi connectivity index (χ3n) is 3.23. The standard InChI is InChI=1S/C11H23N3O/c1-4-14(3)8-7-13-10(15)11(2,12)9-5-6-9/h9H,4-8,12H2,1-3H3,(H,13,15). The van der Waals surface area contributed by atoms with Crippen molar-refractivity contribution in [3.05, 3.63) is 0 Å². The summed E-state index contributed by atoms with van der Waals surface area (Å²) in [6.45, 7) is 6.49. The van der Waals surface area contributed by atoms with Gasteiger partial charge in [-0.05, 0) is 39.3 Å². The molecule has 0 radical (unpaired) electrons. The lowest BCUT2D eigenvalue weighted by Crippen LogP contribution is -2.54. The van der Waals surface area contributed by atoms with Gasteiger partial charge >= 0.3 is 0 Å². The van der Waals surface area contributed by atoms with Gasteiger partial charge < -0.3 is 16.0 Å². The molecule has 88 valence electrons. The van der Waals surface area contributed by atoms with Crippen molar-refractivity contribution < 1.29 is 4.79 Å². The molecule has 0 aromatic carbocycles. The first kappa shape index (κ1) is 12.5. The molecule has 1 fully saturated rings. The highest BCUT2D eigenvalue weighted by atomic mass is 16.2. The molecule has 0 aromatic heterocycles. The number of rotatable bonds is 6. The van der Waals surface area contributed by atoms with Crippen LogP contribution in [0, 0.1) is 5.92 Å². The van der Waals surface area contributed by atoms with Crippen LogP contribution < -0.4 is 11.1 Å². The van der Waals surface area contributed by atoms with Crippen LogP contribution in [0.2, 0.25) is 0 Å². The lowest BCUT2D eigenvalue weighted by Gasteiger charge is -2.24. The van der Waals surface area contributed by atoms with Crippen LogP contribution in [0.4, 0.5) is 0 Å². The van der Waals surface area contributed by atoms with Gasteiger partial charge in [0.2, 0.25) is 5.91 Å². The Labute approximate surface area is 92.2 Å². The third kappa shape index (κ3) is 3.47. The zero-order valence-corrected chi connectivity index (χ0v) is 10.0. The first-order valence-electron chi connectivity index (χ1n) is 5.74. The molecule has 1 saturated carbocycles. The predicted octanol–water partition coefficient (Wildman–Crippen LogP) is 0.182. The molecular weight excluding hydrogens is 190 g/mol. The highest BCUT2D eigenvalue weighted by Gasteiger charge is 2.43. The van der Waals surface area contributed by atoms with Crippen molar-refractivity contribution in [2.75, 3.05) is 26.7 Å². The highest BCUT2D eigenvalue weighted by Crippen LogP contribution is 2.37. The molecular formula is C11H23N3O. The molecule has 0 bridgehead atoms. The Morgan fingerprint density at radius 1 is 1.60 bits per heavy atom. The van der Waals surface area contributed by atoms with Crippen LogP contribution >= 0.6 is 0 Å². The second kappa shape index (κ2) is 4.94. The summed E-state index contributed by atoms with van der Waals surface area (Å²) < 4.78 is 0. The number of nitrogens with two attached hydrogens (primary N) is 1. The number of amides is 1. The third-order valence-corrected chi connectivity index (χ3v) is 3.23. The smallest absolute Gasteiger partial charge is 0.240 e. The molecule has 0 saturated heterocycles. The molecule has 1 aliphatic rings. The lowest BCUT2D eigenvalue weighted by molar-refractivity contribution is -0.126. The summed E-state index contributed by atoms with van der Waals surface area (Å²) >= 11 is 0. The van der Waals surface area contributed by atoms with Gasteiger partial charge in [0.15, 0.2) is 0 Å². The highest BCUT2D eigenvalue weighted by molar-refractivity contribution is 5.86. The number of hydrogen-bond donors (Lipinski definition) is 2. The van der Waals surface area contributed by atoms with E-state index in [1.54, 1.807) is 0 Å². The van der Waals surface area contributed by atoms with Gasteiger partial charge in [0.05, 0.1) is 5.54 Å². The van der Waals surface area contributed by atoms with Crippen LogP contribution in [0.3, 0.4) is 0 Å². The second-order valence-electron chi connectivity index (χ2n) is 4.71. The Hall–Kier alpha value is -0.610. The van der Waals surface area contributed by atoms with E-state index < -0.39 is 5.54 Å². The van der Waals surface area contributed by atoms with E-state index in [9.17, 15) is 4.79 Å². The average Bonchev–Trinajstić information content (AvgIpc) is 3.00. The lowest BCUT2D eigenvalue weighted by atomic mass is 9.96. The van der Waals surface area contributed by atoms with Crippen molar-refractivity contribution in [1.29, 1.82) is 0 Å². The van der Waals surface area contributed by atoms with E-state index >= 15 is 0 Å². The molecule has 1 amide bonds. The molecule has 0 aliphatic heterocycles. The molecule has 1 atom stereocenters. The van der Waals surface area contributed by atoms with Gasteiger partial charge in [-0.1, -0.05) is 6.92 Å². The average molecular weight is 213 g/mol. The van der Waals surface area contributed by atoms with E-state index in [0.29, 0.717) is 12.5 Å². The van der Waals surface area contributed by atoms with Crippen LogP contribution in [-0.2, 0) is 4.79 Å². The summed E-state index contributed by atoms with van der Waals surface area (Å²) in [5.74, 6) is 0.385. The summed E-state index contributed by atoms with van der Waals surface area (Å²) in [5.41, 5.74) is 5.33. The number of nitrogens with zero attached hydrogens (tertiary/aromatic N) is 1. The van der Waals surface area contributed by atoms with Gasteiger partial charge in [-0.2, -0.15) is 0 Å². The first-order valence-corrected chi connectivity index (χ1v) is 5.74. The summed E-state index contributed by atoms with van der Waals surface area (Å²) in [5, 5.41) is 2.90. The maximum absolute atomic E-state index is 11.8. The minimum Gasteiger partial charge on any atom is -0.353 e. The fourth-order valence-electron chi connectivity index (χ4n) is 1.58. The topological polar surface area (TPSA) is 58.4 Å². The molecule has 1 aliphatic carbocycles. The minimum atomic E-state index is -0.662. The molecule has 3 N–H and O–H groups in total. The Bertz CT molecular complexity index is 224. The molecule has 4 nitrogen and oxygen atoms in total. The fraction of sp³-hybridized carbons (Fsp3) is 0.909. The normalized spacial score (nSPS) is 20.1. The zero-order valence-electron chi connectivity index (χ0n) is 10.0. The second-order valence-corrected chi connectivity index (χ2v) is 4.71. The van der Waals surface area contributed by atoms with Crippen LogP contribution in [0.25, 0.3) is 0 Å². The van der Waals surface area contributed by atoms with Gasteiger partial charge in [0.1, 0.15) is 0 Å². The molecule has 0 spiro atoms. The van der Waals surface area contributed by atoms with E-state index in [-0.39, 0.29) is 5.91 Å². The summed E-state index contributed by atoms with van der Waals surface area (Å²) in [7, 11) is 2.04. The Balaban J connectivity index is 2.23. The van der Waals surface area contributed by atoms with Crippen LogP contribution in [0.15, 0.2) is 0 Å². The van der Waals surface area contributed by atoms with Crippen molar-refractivity contribution in [3.63, 3.8) is 0 Å². The quantitative estimate of drug-likeness (QED) is 0.662. The number of nitrogens with one attached hydrogen (secondary N) is 1. The van der Waals surface area contributed by atoms with E-state index in [4.69, 9.17) is 5.73 Å². The molecule has 15 heavy (non-hydrogen) atoms. The van der Waals surface area contributed by atoms with E-state index in [2.05, 4.69) is 17.1 Å². The van der Waals surface area contributed by atoms with Crippen molar-refractivity contribution in [1.82, 2.24) is 10.2 Å². The Morgan fingerprint density at radius 3 is 2.67 bits per heavy atom. The van der Waals surface area contributed by atoms with Crippen LogP contribution in [0.5, 0.6) is 0 Å². The largest absolute Gasteiger partial charge is 0.353 e. The van der Waals surface area contributed by atoms with E-state index in [0.717, 1.165) is 25.9 Å². The zero-order chi connectivity index (χ0) is 11.5. The maximum atomic E-state index is 11.8. The van der Waals surface area contributed by atoms with Crippen molar-refractivity contribution in [2.24, 2.45) is 11.7 Å². The number of likely N-dealkylation sites (N-methyl/N-ethyl adjacent to an activating group) is 1. The summed E-state index contributed by atoms with van der Waals surface area (Å²) in [4.78, 5) is 13.9. The van der Waals surface area contributed by atoms with Gasteiger partial charge in [0, 0.05) is 13.1 Å². The monoisotopic (exact) mass is 213 g/mol. The summed E-state index contributed by atoms with van der Waals surface area (Å²) in [6, 6.07) is 0. The molecule has 4 heteroatoms. The van der Waals surface area contributed by atoms with E-state index in [1.807, 2.05) is 14.0 Å². The maximum Gasteiger partial charge on any atom is 0.240 e. The van der Waals surface area contributed by atoms with Crippen LogP contribution in [0.1, 0.15) is 26.7 Å². The predicted molar refractivity (Wildman–Crippen MR) is 61.5 cm³/mol.